The zero-order valence-corrected chi connectivity index (χ0v) is 16.7. The molecule has 0 aliphatic rings. The molecule has 1 N–H and O–H groups in total. The molecule has 0 unspecified atom stereocenters. The molecule has 0 saturated carbocycles. The Morgan fingerprint density at radius 3 is 2.03 bits per heavy atom. The minimum absolute atomic E-state index is 0.323. The van der Waals surface area contributed by atoms with Crippen LogP contribution in [0.2, 0.25) is 0 Å². The van der Waals surface area contributed by atoms with E-state index in [2.05, 4.69) is 15.3 Å². The molecule has 0 spiro atoms. The summed E-state index contributed by atoms with van der Waals surface area (Å²) in [7, 11) is 6.40. The maximum atomic E-state index is 12.6. The van der Waals surface area contributed by atoms with Crippen molar-refractivity contribution in [3.05, 3.63) is 60.4 Å². The van der Waals surface area contributed by atoms with Crippen molar-refractivity contribution in [3.63, 3.8) is 0 Å². The molecule has 0 atom stereocenters. The van der Waals surface area contributed by atoms with E-state index in [1.54, 1.807) is 12.1 Å². The van der Waals surface area contributed by atoms with Gasteiger partial charge < -0.3 is 24.4 Å². The lowest BCUT2D eigenvalue weighted by atomic mass is 10.2. The maximum absolute atomic E-state index is 12.6. The maximum Gasteiger partial charge on any atom is 0.258 e. The summed E-state index contributed by atoms with van der Waals surface area (Å²) in [5.41, 5.74) is 1.76. The number of hydrogen-bond donors (Lipinski definition) is 1. The van der Waals surface area contributed by atoms with Gasteiger partial charge in [0, 0.05) is 42.9 Å². The van der Waals surface area contributed by atoms with Gasteiger partial charge in [-0.15, -0.1) is 0 Å². The number of aromatic nitrogens is 2. The first kappa shape index (κ1) is 19.9. The number of rotatable bonds is 7. The summed E-state index contributed by atoms with van der Waals surface area (Å²) in [5, 5.41) is 2.79. The molecule has 0 saturated heterocycles. The van der Waals surface area contributed by atoms with Crippen molar-refractivity contribution in [3.8, 4) is 17.2 Å². The lowest BCUT2D eigenvalue weighted by Crippen LogP contribution is -2.16. The van der Waals surface area contributed by atoms with E-state index in [4.69, 9.17) is 14.2 Å². The third kappa shape index (κ3) is 4.37. The molecule has 150 valence electrons. The molecule has 1 aromatic heterocycles. The van der Waals surface area contributed by atoms with E-state index in [0.29, 0.717) is 34.4 Å². The average molecular weight is 394 g/mol. The van der Waals surface area contributed by atoms with Gasteiger partial charge in [-0.3, -0.25) is 4.79 Å². The van der Waals surface area contributed by atoms with Gasteiger partial charge in [0.25, 0.3) is 5.91 Å². The molecule has 2 aromatic carbocycles. The SMILES string of the molecule is COc1cc(NC(=O)c2cnc(N(C)c3ccccc3)nc2)cc(OC)c1OC. The van der Waals surface area contributed by atoms with Crippen LogP contribution in [0.25, 0.3) is 0 Å². The molecule has 0 aliphatic heterocycles. The van der Waals surface area contributed by atoms with E-state index < -0.39 is 0 Å². The Bertz CT molecular complexity index is 953. The van der Waals surface area contributed by atoms with E-state index in [0.717, 1.165) is 5.69 Å². The Morgan fingerprint density at radius 2 is 1.52 bits per heavy atom. The third-order valence-corrected chi connectivity index (χ3v) is 4.27. The summed E-state index contributed by atoms with van der Waals surface area (Å²) in [4.78, 5) is 23.0. The van der Waals surface area contributed by atoms with Crippen molar-refractivity contribution in [1.29, 1.82) is 0 Å². The predicted molar refractivity (Wildman–Crippen MR) is 111 cm³/mol. The van der Waals surface area contributed by atoms with Crippen molar-refractivity contribution in [2.45, 2.75) is 0 Å². The molecule has 0 aliphatic carbocycles. The number of anilines is 3. The van der Waals surface area contributed by atoms with Crippen molar-refractivity contribution in [2.24, 2.45) is 0 Å². The molecule has 3 rings (SSSR count). The number of amides is 1. The molecule has 29 heavy (non-hydrogen) atoms. The number of benzene rings is 2. The molecule has 0 fully saturated rings. The number of methoxy groups -OCH3 is 3. The number of carbonyl (C=O) groups is 1. The number of ether oxygens (including phenoxy) is 3. The molecule has 0 bridgehead atoms. The van der Waals surface area contributed by atoms with Gasteiger partial charge in [-0.05, 0) is 12.1 Å². The fraction of sp³-hybridized carbons (Fsp3) is 0.190. The molecule has 8 heteroatoms. The third-order valence-electron chi connectivity index (χ3n) is 4.27. The number of hydrogen-bond acceptors (Lipinski definition) is 7. The fourth-order valence-corrected chi connectivity index (χ4v) is 2.74. The first-order chi connectivity index (χ1) is 14.1. The van der Waals surface area contributed by atoms with Crippen molar-refractivity contribution >= 4 is 23.2 Å². The van der Waals surface area contributed by atoms with E-state index >= 15 is 0 Å². The Hall–Kier alpha value is -3.81. The lowest BCUT2D eigenvalue weighted by molar-refractivity contribution is 0.102. The van der Waals surface area contributed by atoms with E-state index in [1.165, 1.54) is 33.7 Å². The Labute approximate surface area is 169 Å². The largest absolute Gasteiger partial charge is 0.493 e. The smallest absolute Gasteiger partial charge is 0.258 e. The lowest BCUT2D eigenvalue weighted by Gasteiger charge is -2.17. The molecular weight excluding hydrogens is 372 g/mol. The van der Waals surface area contributed by atoms with Crippen LogP contribution < -0.4 is 24.4 Å². The molecule has 1 amide bonds. The second-order valence-corrected chi connectivity index (χ2v) is 6.03. The molecule has 1 heterocycles. The van der Waals surface area contributed by atoms with Crippen molar-refractivity contribution in [1.82, 2.24) is 9.97 Å². The van der Waals surface area contributed by atoms with Crippen LogP contribution in [0.5, 0.6) is 17.2 Å². The topological polar surface area (TPSA) is 85.8 Å². The highest BCUT2D eigenvalue weighted by Gasteiger charge is 2.16. The minimum atomic E-state index is -0.354. The van der Waals surface area contributed by atoms with Gasteiger partial charge >= 0.3 is 0 Å². The van der Waals surface area contributed by atoms with Crippen LogP contribution in [0.4, 0.5) is 17.3 Å². The summed E-state index contributed by atoms with van der Waals surface area (Å²) in [6.45, 7) is 0. The van der Waals surface area contributed by atoms with E-state index in [1.807, 2.05) is 42.3 Å². The zero-order valence-electron chi connectivity index (χ0n) is 16.7. The fourth-order valence-electron chi connectivity index (χ4n) is 2.74. The van der Waals surface area contributed by atoms with Crippen molar-refractivity contribution in [2.75, 3.05) is 38.6 Å². The number of para-hydroxylation sites is 1. The second-order valence-electron chi connectivity index (χ2n) is 6.03. The zero-order chi connectivity index (χ0) is 20.8. The van der Waals surface area contributed by atoms with E-state index in [9.17, 15) is 4.79 Å². The van der Waals surface area contributed by atoms with Crippen LogP contribution in [0.1, 0.15) is 10.4 Å². The van der Waals surface area contributed by atoms with Crippen LogP contribution in [-0.2, 0) is 0 Å². The molecule has 0 radical (unpaired) electrons. The van der Waals surface area contributed by atoms with Crippen LogP contribution in [0.15, 0.2) is 54.9 Å². The quantitative estimate of drug-likeness (QED) is 0.656. The number of carbonyl (C=O) groups excluding carboxylic acids is 1. The van der Waals surface area contributed by atoms with Crippen molar-refractivity contribution < 1.29 is 19.0 Å². The number of nitrogens with one attached hydrogen (secondary N) is 1. The Balaban J connectivity index is 1.78. The highest BCUT2D eigenvalue weighted by atomic mass is 16.5. The van der Waals surface area contributed by atoms with Crippen LogP contribution in [0.3, 0.4) is 0 Å². The first-order valence-corrected chi connectivity index (χ1v) is 8.79. The average Bonchev–Trinajstić information content (AvgIpc) is 2.78. The normalized spacial score (nSPS) is 10.2. The first-order valence-electron chi connectivity index (χ1n) is 8.79. The minimum Gasteiger partial charge on any atom is -0.493 e. The summed E-state index contributed by atoms with van der Waals surface area (Å²) in [6.07, 6.45) is 2.96. The van der Waals surface area contributed by atoms with E-state index in [-0.39, 0.29) is 5.91 Å². The van der Waals surface area contributed by atoms with Gasteiger partial charge in [-0.25, -0.2) is 9.97 Å². The van der Waals surface area contributed by atoms with Gasteiger partial charge in [0.05, 0.1) is 26.9 Å². The molecular formula is C21H22N4O4. The van der Waals surface area contributed by atoms with Gasteiger partial charge in [0.2, 0.25) is 11.7 Å². The van der Waals surface area contributed by atoms with Gasteiger partial charge in [-0.1, -0.05) is 18.2 Å². The Kier molecular flexibility index (Phi) is 6.13. The second kappa shape index (κ2) is 8.92. The summed E-state index contributed by atoms with van der Waals surface area (Å²) in [5.74, 6) is 1.47. The van der Waals surface area contributed by atoms with Gasteiger partial charge in [0.15, 0.2) is 11.5 Å². The van der Waals surface area contributed by atoms with Crippen LogP contribution >= 0.6 is 0 Å². The summed E-state index contributed by atoms with van der Waals surface area (Å²) >= 11 is 0. The van der Waals surface area contributed by atoms with Gasteiger partial charge in [0.1, 0.15) is 0 Å². The van der Waals surface area contributed by atoms with Crippen LogP contribution in [-0.4, -0.2) is 44.3 Å². The Morgan fingerprint density at radius 1 is 0.931 bits per heavy atom. The standard InChI is InChI=1S/C21H22N4O4/c1-25(16-8-6-5-7-9-16)21-22-12-14(13-23-21)20(26)24-15-10-17(27-2)19(29-4)18(11-15)28-3/h5-13H,1-4H3,(H,24,26). The van der Waals surface area contributed by atoms with Gasteiger partial charge in [-0.2, -0.15) is 0 Å². The summed E-state index contributed by atoms with van der Waals surface area (Å²) in [6, 6.07) is 13.0. The van der Waals surface area contributed by atoms with Crippen LogP contribution in [0, 0.1) is 0 Å². The molecule has 3 aromatic rings. The highest BCUT2D eigenvalue weighted by Crippen LogP contribution is 2.40. The monoisotopic (exact) mass is 394 g/mol. The highest BCUT2D eigenvalue weighted by molar-refractivity contribution is 6.04. The predicted octanol–water partition coefficient (Wildman–Crippen LogP) is 3.52. The number of nitrogens with zero attached hydrogens (tertiary/aromatic N) is 3. The summed E-state index contributed by atoms with van der Waals surface area (Å²) < 4.78 is 15.9. The molecule has 8 nitrogen and oxygen atoms in total.